The molecular formula is C19H22N4O. The van der Waals surface area contributed by atoms with Crippen LogP contribution in [0.1, 0.15) is 30.9 Å². The topological polar surface area (TPSA) is 49.3 Å². The van der Waals surface area contributed by atoms with E-state index in [2.05, 4.69) is 44.0 Å². The van der Waals surface area contributed by atoms with Crippen LogP contribution < -0.4 is 4.90 Å². The summed E-state index contributed by atoms with van der Waals surface area (Å²) < 4.78 is 0. The maximum Gasteiger partial charge on any atom is 0.226 e. The highest BCUT2D eigenvalue weighted by Gasteiger charge is 2.37. The Hall–Kier alpha value is -2.43. The zero-order chi connectivity index (χ0) is 16.4. The van der Waals surface area contributed by atoms with E-state index >= 15 is 0 Å². The van der Waals surface area contributed by atoms with E-state index in [0.717, 1.165) is 44.8 Å². The summed E-state index contributed by atoms with van der Waals surface area (Å²) >= 11 is 0. The lowest BCUT2D eigenvalue weighted by Gasteiger charge is -2.44. The molecule has 0 saturated carbocycles. The lowest BCUT2D eigenvalue weighted by atomic mass is 9.89. The van der Waals surface area contributed by atoms with Gasteiger partial charge in [0.05, 0.1) is 6.04 Å². The van der Waals surface area contributed by atoms with E-state index in [0.29, 0.717) is 5.91 Å². The molecule has 2 saturated heterocycles. The highest BCUT2D eigenvalue weighted by molar-refractivity contribution is 5.80. The number of hydrogen-bond donors (Lipinski definition) is 0. The van der Waals surface area contributed by atoms with Crippen LogP contribution in [0.25, 0.3) is 0 Å². The van der Waals surface area contributed by atoms with E-state index in [4.69, 9.17) is 0 Å². The molecule has 0 aliphatic carbocycles. The Morgan fingerprint density at radius 2 is 1.62 bits per heavy atom. The summed E-state index contributed by atoms with van der Waals surface area (Å²) in [5.74, 6) is 1.23. The second-order valence-electron chi connectivity index (χ2n) is 6.56. The molecule has 5 nitrogen and oxygen atoms in total. The Labute approximate surface area is 142 Å². The summed E-state index contributed by atoms with van der Waals surface area (Å²) in [5.41, 5.74) is 1.26. The molecule has 2 aromatic rings. The minimum Gasteiger partial charge on any atom is -0.341 e. The van der Waals surface area contributed by atoms with Crippen LogP contribution in [0.3, 0.4) is 0 Å². The molecule has 1 aromatic carbocycles. The number of carbonyl (C=O) groups excluding carboxylic acids is 1. The summed E-state index contributed by atoms with van der Waals surface area (Å²) in [7, 11) is 0. The fraction of sp³-hybridized carbons (Fsp3) is 0.421. The summed E-state index contributed by atoms with van der Waals surface area (Å²) in [4.78, 5) is 25.7. The Balaban J connectivity index is 1.37. The Morgan fingerprint density at radius 3 is 2.25 bits per heavy atom. The SMILES string of the molecule is O=C(C1CCN(c2ncccn2)CC1)N1CC[C@H]1c1ccccc1. The summed E-state index contributed by atoms with van der Waals surface area (Å²) in [6, 6.07) is 12.5. The van der Waals surface area contributed by atoms with Crippen LogP contribution in [0, 0.1) is 5.92 Å². The number of aromatic nitrogens is 2. The van der Waals surface area contributed by atoms with Crippen molar-refractivity contribution < 1.29 is 4.79 Å². The van der Waals surface area contributed by atoms with Gasteiger partial charge in [0.25, 0.3) is 0 Å². The van der Waals surface area contributed by atoms with E-state index < -0.39 is 0 Å². The average molecular weight is 322 g/mol. The minimum absolute atomic E-state index is 0.136. The van der Waals surface area contributed by atoms with Crippen LogP contribution in [0.4, 0.5) is 5.95 Å². The standard InChI is InChI=1S/C19H22N4O/c24-18(23-14-9-17(23)15-5-2-1-3-6-15)16-7-12-22(13-8-16)19-20-10-4-11-21-19/h1-6,10-11,16-17H,7-9,12-14H2/t17-/m0/s1. The number of piperidine rings is 1. The first-order valence-corrected chi connectivity index (χ1v) is 8.70. The van der Waals surface area contributed by atoms with Crippen LogP contribution in [0.5, 0.6) is 0 Å². The molecule has 1 atom stereocenters. The van der Waals surface area contributed by atoms with Crippen molar-refractivity contribution >= 4 is 11.9 Å². The summed E-state index contributed by atoms with van der Waals surface area (Å²) in [6.45, 7) is 2.59. The van der Waals surface area contributed by atoms with Gasteiger partial charge in [0, 0.05) is 37.9 Å². The van der Waals surface area contributed by atoms with Gasteiger partial charge in [-0.1, -0.05) is 30.3 Å². The molecule has 124 valence electrons. The van der Waals surface area contributed by atoms with Crippen molar-refractivity contribution in [2.45, 2.75) is 25.3 Å². The minimum atomic E-state index is 0.136. The largest absolute Gasteiger partial charge is 0.341 e. The maximum atomic E-state index is 12.9. The molecule has 1 aromatic heterocycles. The fourth-order valence-corrected chi connectivity index (χ4v) is 3.69. The van der Waals surface area contributed by atoms with Crippen LogP contribution in [-0.2, 0) is 4.79 Å². The highest BCUT2D eigenvalue weighted by Crippen LogP contribution is 2.36. The van der Waals surface area contributed by atoms with Gasteiger partial charge < -0.3 is 9.80 Å². The van der Waals surface area contributed by atoms with Crippen molar-refractivity contribution in [2.24, 2.45) is 5.92 Å². The molecule has 2 aliphatic rings. The van der Waals surface area contributed by atoms with Gasteiger partial charge in [0.2, 0.25) is 11.9 Å². The van der Waals surface area contributed by atoms with E-state index in [1.54, 1.807) is 12.4 Å². The average Bonchev–Trinajstić information content (AvgIpc) is 2.62. The predicted molar refractivity (Wildman–Crippen MR) is 92.5 cm³/mol. The molecule has 0 bridgehead atoms. The molecule has 0 unspecified atom stereocenters. The Kier molecular flexibility index (Phi) is 4.15. The van der Waals surface area contributed by atoms with E-state index in [9.17, 15) is 4.79 Å². The molecule has 1 amide bonds. The van der Waals surface area contributed by atoms with E-state index in [1.165, 1.54) is 5.56 Å². The summed E-state index contributed by atoms with van der Waals surface area (Å²) in [5, 5.41) is 0. The molecule has 3 heterocycles. The number of rotatable bonds is 3. The zero-order valence-electron chi connectivity index (χ0n) is 13.7. The second kappa shape index (κ2) is 6.59. The molecular weight excluding hydrogens is 300 g/mol. The number of anilines is 1. The molecule has 24 heavy (non-hydrogen) atoms. The van der Waals surface area contributed by atoms with Gasteiger partial charge >= 0.3 is 0 Å². The first kappa shape index (κ1) is 15.1. The van der Waals surface area contributed by atoms with Crippen LogP contribution in [-0.4, -0.2) is 40.4 Å². The van der Waals surface area contributed by atoms with Crippen molar-refractivity contribution in [3.05, 3.63) is 54.4 Å². The third-order valence-electron chi connectivity index (χ3n) is 5.17. The van der Waals surface area contributed by atoms with Gasteiger partial charge in [0.15, 0.2) is 0 Å². The third-order valence-corrected chi connectivity index (χ3v) is 5.17. The Morgan fingerprint density at radius 1 is 0.917 bits per heavy atom. The van der Waals surface area contributed by atoms with Crippen molar-refractivity contribution in [1.29, 1.82) is 0 Å². The summed E-state index contributed by atoms with van der Waals surface area (Å²) in [6.07, 6.45) is 6.38. The molecule has 5 heteroatoms. The van der Waals surface area contributed by atoms with Gasteiger partial charge in [-0.15, -0.1) is 0 Å². The number of amides is 1. The number of benzene rings is 1. The fourth-order valence-electron chi connectivity index (χ4n) is 3.69. The lowest BCUT2D eigenvalue weighted by molar-refractivity contribution is -0.144. The van der Waals surface area contributed by atoms with Crippen molar-refractivity contribution in [1.82, 2.24) is 14.9 Å². The molecule has 0 N–H and O–H groups in total. The van der Waals surface area contributed by atoms with Gasteiger partial charge in [0.1, 0.15) is 0 Å². The van der Waals surface area contributed by atoms with E-state index in [-0.39, 0.29) is 12.0 Å². The Bertz CT molecular complexity index is 683. The molecule has 2 aliphatic heterocycles. The number of carbonyl (C=O) groups is 1. The van der Waals surface area contributed by atoms with Crippen LogP contribution >= 0.6 is 0 Å². The first-order valence-electron chi connectivity index (χ1n) is 8.70. The maximum absolute atomic E-state index is 12.9. The van der Waals surface area contributed by atoms with Crippen molar-refractivity contribution in [2.75, 3.05) is 24.5 Å². The molecule has 0 radical (unpaired) electrons. The van der Waals surface area contributed by atoms with Gasteiger partial charge in [-0.3, -0.25) is 4.79 Å². The molecule has 0 spiro atoms. The second-order valence-corrected chi connectivity index (χ2v) is 6.56. The van der Waals surface area contributed by atoms with Gasteiger partial charge in [-0.25, -0.2) is 9.97 Å². The van der Waals surface area contributed by atoms with Crippen molar-refractivity contribution in [3.8, 4) is 0 Å². The monoisotopic (exact) mass is 322 g/mol. The predicted octanol–water partition coefficient (Wildman–Crippen LogP) is 2.67. The van der Waals surface area contributed by atoms with Crippen molar-refractivity contribution in [3.63, 3.8) is 0 Å². The highest BCUT2D eigenvalue weighted by atomic mass is 16.2. The normalized spacial score (nSPS) is 21.4. The molecule has 2 fully saturated rings. The zero-order valence-corrected chi connectivity index (χ0v) is 13.7. The quantitative estimate of drug-likeness (QED) is 0.872. The van der Waals surface area contributed by atoms with Gasteiger partial charge in [-0.05, 0) is 30.9 Å². The first-order chi connectivity index (χ1) is 11.8. The van der Waals surface area contributed by atoms with E-state index in [1.807, 2.05) is 12.1 Å². The van der Waals surface area contributed by atoms with Gasteiger partial charge in [-0.2, -0.15) is 0 Å². The van der Waals surface area contributed by atoms with Crippen LogP contribution in [0.15, 0.2) is 48.8 Å². The third kappa shape index (κ3) is 2.86. The smallest absolute Gasteiger partial charge is 0.226 e. The number of hydrogen-bond acceptors (Lipinski definition) is 4. The number of nitrogens with zero attached hydrogens (tertiary/aromatic N) is 4. The number of likely N-dealkylation sites (tertiary alicyclic amines) is 1. The lowest BCUT2D eigenvalue weighted by Crippen LogP contribution is -2.50. The van der Waals surface area contributed by atoms with Crippen LogP contribution in [0.2, 0.25) is 0 Å². The molecule has 4 rings (SSSR count).